The van der Waals surface area contributed by atoms with Gasteiger partial charge in [0.25, 0.3) is 11.6 Å². The highest BCUT2D eigenvalue weighted by Gasteiger charge is 2.35. The summed E-state index contributed by atoms with van der Waals surface area (Å²) in [6, 6.07) is 14.2. The summed E-state index contributed by atoms with van der Waals surface area (Å²) in [5.74, 6) is 0.836. The molecule has 2 aliphatic rings. The fraction of sp³-hybridized carbons (Fsp3) is 0.333. The summed E-state index contributed by atoms with van der Waals surface area (Å²) in [5, 5.41) is 0. The fourth-order valence-electron chi connectivity index (χ4n) is 4.05. The van der Waals surface area contributed by atoms with E-state index in [0.29, 0.717) is 17.9 Å². The Hall–Kier alpha value is -2.56. The Bertz CT molecular complexity index is 910. The van der Waals surface area contributed by atoms with Crippen molar-refractivity contribution < 1.29 is 4.42 Å². The average Bonchev–Trinajstić information content (AvgIpc) is 3.00. The van der Waals surface area contributed by atoms with Crippen molar-refractivity contribution in [2.24, 2.45) is 5.92 Å². The Morgan fingerprint density at radius 1 is 1.04 bits per heavy atom. The van der Waals surface area contributed by atoms with Crippen molar-refractivity contribution in [2.45, 2.75) is 18.9 Å². The van der Waals surface area contributed by atoms with Crippen LogP contribution in [0.5, 0.6) is 0 Å². The Labute approximate surface area is 133 Å². The van der Waals surface area contributed by atoms with E-state index < -0.39 is 0 Å². The van der Waals surface area contributed by atoms with E-state index in [1.807, 2.05) is 34.9 Å². The maximum Gasteiger partial charge on any atom is 0.298 e. The third-order valence-corrected chi connectivity index (χ3v) is 5.03. The molecule has 2 atom stereocenters. The lowest BCUT2D eigenvalue weighted by Gasteiger charge is -2.42. The highest BCUT2D eigenvalue weighted by atomic mass is 16.4. The topological polar surface area (TPSA) is 51.3 Å². The molecule has 0 aliphatic carbocycles. The van der Waals surface area contributed by atoms with Crippen molar-refractivity contribution in [3.05, 3.63) is 58.5 Å². The van der Waals surface area contributed by atoms with Crippen LogP contribution < -0.4 is 10.5 Å². The highest BCUT2D eigenvalue weighted by molar-refractivity contribution is 5.74. The summed E-state index contributed by atoms with van der Waals surface area (Å²) in [6.45, 7) is 2.54. The average molecular weight is 307 g/mol. The van der Waals surface area contributed by atoms with Crippen molar-refractivity contribution in [2.75, 3.05) is 18.0 Å². The minimum Gasteiger partial charge on any atom is -0.423 e. The van der Waals surface area contributed by atoms with Gasteiger partial charge in [-0.1, -0.05) is 18.2 Å². The molecule has 5 rings (SSSR count). The van der Waals surface area contributed by atoms with Crippen LogP contribution >= 0.6 is 0 Å². The van der Waals surface area contributed by atoms with Crippen LogP contribution in [0.25, 0.3) is 11.1 Å². The largest absolute Gasteiger partial charge is 0.423 e. The molecule has 4 heterocycles. The fourth-order valence-corrected chi connectivity index (χ4v) is 4.05. The lowest BCUT2D eigenvalue weighted by molar-refractivity contribution is 0.274. The Morgan fingerprint density at radius 2 is 1.96 bits per heavy atom. The molecule has 5 nitrogen and oxygen atoms in total. The first-order chi connectivity index (χ1) is 11.3. The normalized spacial score (nSPS) is 23.0. The van der Waals surface area contributed by atoms with Gasteiger partial charge in [-0.15, -0.1) is 0 Å². The zero-order valence-electron chi connectivity index (χ0n) is 12.7. The van der Waals surface area contributed by atoms with Crippen LogP contribution in [0.2, 0.25) is 0 Å². The molecular formula is C18H17N3O2. The van der Waals surface area contributed by atoms with Crippen LogP contribution in [0.3, 0.4) is 0 Å². The van der Waals surface area contributed by atoms with Crippen LogP contribution in [0, 0.1) is 5.92 Å². The first-order valence-corrected chi connectivity index (χ1v) is 8.08. The Morgan fingerprint density at radius 3 is 2.87 bits per heavy atom. The van der Waals surface area contributed by atoms with Crippen molar-refractivity contribution >= 4 is 17.1 Å². The minimum absolute atomic E-state index is 0.118. The van der Waals surface area contributed by atoms with Gasteiger partial charge < -0.3 is 13.9 Å². The summed E-state index contributed by atoms with van der Waals surface area (Å²) in [6.07, 6.45) is 1.14. The zero-order chi connectivity index (χ0) is 15.4. The number of piperidine rings is 1. The molecule has 5 heteroatoms. The SMILES string of the molecule is O=c1cccc2n1CC1CC2CN(c2nc3ccccc3o2)C1. The number of hydrogen-bond acceptors (Lipinski definition) is 4. The molecule has 3 aromatic rings. The number of nitrogens with zero attached hydrogens (tertiary/aromatic N) is 3. The monoisotopic (exact) mass is 307 g/mol. The maximum absolute atomic E-state index is 12.1. The van der Waals surface area contributed by atoms with Gasteiger partial charge in [-0.3, -0.25) is 4.79 Å². The molecule has 2 aliphatic heterocycles. The lowest BCUT2D eigenvalue weighted by Crippen LogP contribution is -2.47. The van der Waals surface area contributed by atoms with Crippen LogP contribution in [-0.2, 0) is 6.54 Å². The lowest BCUT2D eigenvalue weighted by atomic mass is 9.83. The van der Waals surface area contributed by atoms with E-state index in [-0.39, 0.29) is 5.56 Å². The van der Waals surface area contributed by atoms with Gasteiger partial charge in [0.15, 0.2) is 5.58 Å². The summed E-state index contributed by atoms with van der Waals surface area (Å²) >= 11 is 0. The van der Waals surface area contributed by atoms with Crippen molar-refractivity contribution in [3.8, 4) is 0 Å². The second kappa shape index (κ2) is 4.72. The van der Waals surface area contributed by atoms with Crippen LogP contribution in [0.1, 0.15) is 18.0 Å². The number of para-hydroxylation sites is 2. The molecule has 23 heavy (non-hydrogen) atoms. The van der Waals surface area contributed by atoms with Gasteiger partial charge in [0, 0.05) is 37.3 Å². The third-order valence-electron chi connectivity index (χ3n) is 5.03. The molecule has 0 spiro atoms. The number of oxazole rings is 1. The smallest absolute Gasteiger partial charge is 0.298 e. The quantitative estimate of drug-likeness (QED) is 0.693. The van der Waals surface area contributed by atoms with E-state index in [9.17, 15) is 4.79 Å². The number of pyridine rings is 1. The molecule has 2 unspecified atom stereocenters. The first-order valence-electron chi connectivity index (χ1n) is 8.08. The van der Waals surface area contributed by atoms with Gasteiger partial charge in [-0.25, -0.2) is 0 Å². The van der Waals surface area contributed by atoms with Crippen LogP contribution in [0.15, 0.2) is 51.7 Å². The number of benzene rings is 1. The summed E-state index contributed by atoms with van der Waals surface area (Å²) in [7, 11) is 0. The Balaban J connectivity index is 1.53. The maximum atomic E-state index is 12.1. The Kier molecular flexibility index (Phi) is 2.65. The molecule has 2 bridgehead atoms. The molecule has 1 aromatic carbocycles. The second-order valence-corrected chi connectivity index (χ2v) is 6.57. The van der Waals surface area contributed by atoms with Gasteiger partial charge in [0.05, 0.1) is 0 Å². The standard InChI is InChI=1S/C18H17N3O2/c22-17-7-3-5-15-13-8-12(10-21(15)17)9-20(11-13)18-19-14-4-1-2-6-16(14)23-18/h1-7,12-13H,8-11H2. The van der Waals surface area contributed by atoms with Crippen LogP contribution in [-0.4, -0.2) is 22.6 Å². The molecule has 1 saturated heterocycles. The summed E-state index contributed by atoms with van der Waals surface area (Å²) in [4.78, 5) is 18.9. The molecule has 0 amide bonds. The minimum atomic E-state index is 0.118. The van der Waals surface area contributed by atoms with Gasteiger partial charge in [0.1, 0.15) is 5.52 Å². The summed E-state index contributed by atoms with van der Waals surface area (Å²) < 4.78 is 7.88. The predicted octanol–water partition coefficient (Wildman–Crippen LogP) is 2.61. The molecule has 0 saturated carbocycles. The first kappa shape index (κ1) is 12.9. The number of hydrogen-bond donors (Lipinski definition) is 0. The number of fused-ring (bicyclic) bond motifs is 5. The van der Waals surface area contributed by atoms with Gasteiger partial charge in [-0.05, 0) is 30.5 Å². The highest BCUT2D eigenvalue weighted by Crippen LogP contribution is 2.37. The number of aromatic nitrogens is 2. The number of anilines is 1. The molecular weight excluding hydrogens is 290 g/mol. The summed E-state index contributed by atoms with van der Waals surface area (Å²) in [5.41, 5.74) is 2.99. The van der Waals surface area contributed by atoms with E-state index in [4.69, 9.17) is 4.42 Å². The van der Waals surface area contributed by atoms with E-state index >= 15 is 0 Å². The molecule has 0 N–H and O–H groups in total. The van der Waals surface area contributed by atoms with E-state index in [1.54, 1.807) is 6.07 Å². The van der Waals surface area contributed by atoms with Crippen molar-refractivity contribution in [1.29, 1.82) is 0 Å². The van der Waals surface area contributed by atoms with E-state index in [2.05, 4.69) is 16.0 Å². The molecule has 2 aromatic heterocycles. The van der Waals surface area contributed by atoms with Gasteiger partial charge in [0.2, 0.25) is 0 Å². The van der Waals surface area contributed by atoms with Crippen molar-refractivity contribution in [3.63, 3.8) is 0 Å². The molecule has 116 valence electrons. The molecule has 1 fully saturated rings. The predicted molar refractivity (Wildman–Crippen MR) is 87.8 cm³/mol. The van der Waals surface area contributed by atoms with Gasteiger partial charge in [-0.2, -0.15) is 4.98 Å². The number of rotatable bonds is 1. The third kappa shape index (κ3) is 2.00. The van der Waals surface area contributed by atoms with Gasteiger partial charge >= 0.3 is 0 Å². The van der Waals surface area contributed by atoms with Crippen LogP contribution in [0.4, 0.5) is 6.01 Å². The van der Waals surface area contributed by atoms with E-state index in [0.717, 1.165) is 42.8 Å². The van der Waals surface area contributed by atoms with E-state index in [1.165, 1.54) is 0 Å². The molecule has 0 radical (unpaired) electrons. The zero-order valence-corrected chi connectivity index (χ0v) is 12.7. The second-order valence-electron chi connectivity index (χ2n) is 6.57. The van der Waals surface area contributed by atoms with Crippen molar-refractivity contribution in [1.82, 2.24) is 9.55 Å².